The quantitative estimate of drug-likeness (QED) is 0.0967. The molecule has 1 aromatic heterocycles. The number of carbonyl (C=O) groups excluding carboxylic acids is 1. The maximum Gasteiger partial charge on any atom is 0.286 e. The van der Waals surface area contributed by atoms with Crippen molar-refractivity contribution in [2.75, 3.05) is 46.2 Å². The average Bonchev–Trinajstić information content (AvgIpc) is 1.75. The number of hydrogen-bond acceptors (Lipinski definition) is 36. The summed E-state index contributed by atoms with van der Waals surface area (Å²) in [5.41, 5.74) is 2.35. The summed E-state index contributed by atoms with van der Waals surface area (Å²) in [6.07, 6.45) is -70.9. The molecular weight excluding hydrogens is 1200 g/mol. The number of aryl methyl sites for hydroxylation is 1. The third-order valence-corrected chi connectivity index (χ3v) is 17.2. The van der Waals surface area contributed by atoms with Crippen LogP contribution in [0.2, 0.25) is 0 Å². The summed E-state index contributed by atoms with van der Waals surface area (Å²) in [5, 5.41) is 228. The summed E-state index contributed by atoms with van der Waals surface area (Å²) >= 11 is 1.29. The lowest BCUT2D eigenvalue weighted by Gasteiger charge is -2.50. The molecule has 21 aliphatic rings. The molecule has 1 unspecified atom stereocenters. The molecule has 0 aliphatic carbocycles. The number of amides is 1. The Hall–Kier alpha value is -2.26. The molecule has 21 N–H and O–H groups in total. The first-order chi connectivity index (χ1) is 41.0. The van der Waals surface area contributed by atoms with Crippen molar-refractivity contribution in [3.05, 3.63) is 16.6 Å². The van der Waals surface area contributed by atoms with Crippen LogP contribution < -0.4 is 9.88 Å². The second-order valence-corrected chi connectivity index (χ2v) is 22.6. The SMILES string of the molecule is Cc1csc[n+]1CC(=O)NC[C@H]1O[C@@H]2O[C@@H]3[C@@H](O)[C@H](O)[C@H](O[C@@H]4[C@@H](O)[C@H](O)[C@H](O[C@@H]5[C@@H](O)[C@@H](O)C(O[C@@H]6[C@H](O)[C@@H](O)[C@H](O[C@@H]7[C@H](O)[C@@H](O)[C@H](O[C@@H]8[C@H](O)[C@@H](O)[C@H](O[C@H]1[C@@H](O)[C@@H]2O)O[C@H]8CO)O[C@H]7CO)O[C@H]6CO)O[C@@H]5CO)O[C@@H]4CO)O[C@@H]3CO. The molecule has 0 saturated carbocycles. The minimum absolute atomic E-state index is 0.237. The van der Waals surface area contributed by atoms with E-state index >= 15 is 0 Å². The molecule has 22 heterocycles. The summed E-state index contributed by atoms with van der Waals surface area (Å²) in [6, 6.07) is 0. The van der Waals surface area contributed by atoms with E-state index in [1.807, 2.05) is 0 Å². The van der Waals surface area contributed by atoms with Crippen molar-refractivity contribution in [3.8, 4) is 0 Å². The average molecular weight is 1270 g/mol. The van der Waals surface area contributed by atoms with Crippen LogP contribution in [-0.2, 0) is 77.7 Å². The Morgan fingerprint density at radius 2 is 0.570 bits per heavy atom. The molecule has 1 aromatic rings. The van der Waals surface area contributed by atoms with Crippen molar-refractivity contribution in [2.24, 2.45) is 0 Å². The lowest BCUT2D eigenvalue weighted by Crippen LogP contribution is -2.68. The Labute approximate surface area is 490 Å². The van der Waals surface area contributed by atoms with E-state index in [2.05, 4.69) is 5.32 Å². The molecule has 37 nitrogen and oxygen atoms in total. The molecule has 35 atom stereocenters. The number of thiazole rings is 1. The second kappa shape index (κ2) is 29.1. The normalized spacial score (nSPS) is 50.7. The summed E-state index contributed by atoms with van der Waals surface area (Å²) in [6.45, 7) is -5.46. The number of rotatable bonds is 10. The molecular formula is C48H77N2O35S+. The number of aromatic nitrogens is 1. The molecule has 21 saturated heterocycles. The lowest BCUT2D eigenvalue weighted by atomic mass is 9.95. The van der Waals surface area contributed by atoms with Crippen LogP contribution in [0.1, 0.15) is 5.69 Å². The first kappa shape index (κ1) is 68.1. The van der Waals surface area contributed by atoms with E-state index in [1.165, 1.54) is 11.3 Å². The van der Waals surface area contributed by atoms with Gasteiger partial charge in [0.15, 0.2) is 49.7 Å². The van der Waals surface area contributed by atoms with Crippen molar-refractivity contribution < 1.29 is 178 Å². The van der Waals surface area contributed by atoms with Crippen LogP contribution in [0, 0.1) is 6.92 Å². The van der Waals surface area contributed by atoms with Crippen LogP contribution in [0.4, 0.5) is 0 Å². The summed E-state index contributed by atoms with van der Waals surface area (Å²) < 4.78 is 82.6. The highest BCUT2D eigenvalue weighted by atomic mass is 32.1. The Morgan fingerprint density at radius 3 is 0.767 bits per heavy atom. The number of aliphatic hydroxyl groups excluding tert-OH is 20. The van der Waals surface area contributed by atoms with Gasteiger partial charge in [-0.2, -0.15) is 4.57 Å². The number of nitrogens with zero attached hydrogens (tertiary/aromatic N) is 1. The van der Waals surface area contributed by atoms with Crippen LogP contribution in [0.3, 0.4) is 0 Å². The molecule has 0 spiro atoms. The molecule has 21 aliphatic heterocycles. The predicted octanol–water partition coefficient (Wildman–Crippen LogP) is -14.7. The maximum absolute atomic E-state index is 13.3. The molecule has 22 rings (SSSR count). The minimum atomic E-state index is -2.24. The van der Waals surface area contributed by atoms with Gasteiger partial charge in [-0.1, -0.05) is 11.3 Å². The third kappa shape index (κ3) is 13.8. The monoisotopic (exact) mass is 1270 g/mol. The number of carbonyl (C=O) groups is 1. The van der Waals surface area contributed by atoms with Crippen molar-refractivity contribution >= 4 is 17.2 Å². The van der Waals surface area contributed by atoms with Crippen molar-refractivity contribution in [1.82, 2.24) is 5.32 Å². The molecule has 494 valence electrons. The molecule has 21 fully saturated rings. The zero-order valence-corrected chi connectivity index (χ0v) is 46.3. The zero-order chi connectivity index (χ0) is 62.3. The molecule has 0 aromatic carbocycles. The second-order valence-electron chi connectivity index (χ2n) is 21.9. The van der Waals surface area contributed by atoms with E-state index in [1.54, 1.807) is 22.4 Å². The van der Waals surface area contributed by atoms with Crippen molar-refractivity contribution in [2.45, 2.75) is 228 Å². The van der Waals surface area contributed by atoms with Gasteiger partial charge in [0.2, 0.25) is 12.1 Å². The van der Waals surface area contributed by atoms with Crippen molar-refractivity contribution in [3.63, 3.8) is 0 Å². The Bertz CT molecular complexity index is 2290. The van der Waals surface area contributed by atoms with Gasteiger partial charge in [-0.15, -0.1) is 0 Å². The van der Waals surface area contributed by atoms with Gasteiger partial charge in [0.25, 0.3) is 5.91 Å². The zero-order valence-electron chi connectivity index (χ0n) is 45.4. The number of nitrogens with one attached hydrogen (secondary N) is 1. The summed E-state index contributed by atoms with van der Waals surface area (Å²) in [7, 11) is 0. The third-order valence-electron chi connectivity index (χ3n) is 16.3. The fourth-order valence-electron chi connectivity index (χ4n) is 11.4. The highest BCUT2D eigenvalue weighted by Gasteiger charge is 2.59. The first-order valence-corrected chi connectivity index (χ1v) is 28.5. The van der Waals surface area contributed by atoms with Crippen LogP contribution in [0.25, 0.3) is 0 Å². The van der Waals surface area contributed by atoms with Gasteiger partial charge in [-0.3, -0.25) is 4.79 Å². The largest absolute Gasteiger partial charge is 0.394 e. The van der Waals surface area contributed by atoms with Gasteiger partial charge in [0.1, 0.15) is 171 Å². The molecule has 0 radical (unpaired) electrons. The summed E-state index contributed by atoms with van der Waals surface area (Å²) in [4.78, 5) is 13.3. The van der Waals surface area contributed by atoms with Gasteiger partial charge in [-0.05, 0) is 0 Å². The van der Waals surface area contributed by atoms with E-state index in [0.29, 0.717) is 5.69 Å². The van der Waals surface area contributed by atoms with E-state index in [4.69, 9.17) is 66.3 Å². The summed E-state index contributed by atoms with van der Waals surface area (Å²) in [5.74, 6) is -0.633. The minimum Gasteiger partial charge on any atom is -0.394 e. The highest BCUT2D eigenvalue weighted by molar-refractivity contribution is 7.07. The van der Waals surface area contributed by atoms with E-state index < -0.39 is 267 Å². The Morgan fingerprint density at radius 1 is 0.360 bits per heavy atom. The number of ether oxygens (including phenoxy) is 14. The fraction of sp³-hybridized carbons (Fsp3) is 0.917. The maximum atomic E-state index is 13.3. The predicted molar refractivity (Wildman–Crippen MR) is 264 cm³/mol. The number of hydrogen-bond donors (Lipinski definition) is 21. The van der Waals surface area contributed by atoms with Crippen LogP contribution >= 0.6 is 11.3 Å². The Kier molecular flexibility index (Phi) is 23.1. The molecule has 14 bridgehead atoms. The smallest absolute Gasteiger partial charge is 0.286 e. The van der Waals surface area contributed by atoms with Crippen LogP contribution in [0.15, 0.2) is 10.9 Å². The molecule has 86 heavy (non-hydrogen) atoms. The van der Waals surface area contributed by atoms with Gasteiger partial charge < -0.3 is 174 Å². The standard InChI is InChI=1S/C48H76N2O35S/c1-12-10-86-11-50(12)3-20(57)49-2-13-35-21(58)28(65)42(72-13)80-36-14(4-51)74-44(30(67)23(36)60)82-38-16(6-53)76-46(32(69)25(38)62)84-40-18(8-55)78-48(34(71)27(40)64)85-41-19(9-56)77-47(33(70)26(41)63)83-39-17(7-54)75-45(31(68)24(39)61)81-37-15(5-52)73-43(79-35)29(66)22(37)59/h10-11,13-19,21-48,51-56,58-71H,2-9H2,1H3/p+1/t13-,14-,15+,16-,17+,18-,19+,21+,22-,23+,24-,25+,26-,27+,28+,29-,30+,31-,32+,33-,34-,35-,36+,37+,38+,39+,40+,41+,42-,43+,44+,45+,46+,47+,48?/m1/s1. The molecule has 38 heteroatoms. The first-order valence-electron chi connectivity index (χ1n) is 27.5. The lowest BCUT2D eigenvalue weighted by molar-refractivity contribution is -0.685. The molecule has 1 amide bonds. The topological polar surface area (TPSA) is 567 Å². The van der Waals surface area contributed by atoms with Gasteiger partial charge in [-0.25, -0.2) is 0 Å². The van der Waals surface area contributed by atoms with Crippen LogP contribution in [0.5, 0.6) is 0 Å². The van der Waals surface area contributed by atoms with E-state index in [0.717, 1.165) is 0 Å². The van der Waals surface area contributed by atoms with E-state index in [9.17, 15) is 107 Å². The van der Waals surface area contributed by atoms with Gasteiger partial charge in [0.05, 0.1) is 45.0 Å². The van der Waals surface area contributed by atoms with Crippen molar-refractivity contribution in [1.29, 1.82) is 0 Å². The van der Waals surface area contributed by atoms with Gasteiger partial charge in [0, 0.05) is 13.5 Å². The van der Waals surface area contributed by atoms with Crippen LogP contribution in [-0.4, -0.2) is 369 Å². The Balaban J connectivity index is 1.01. The van der Waals surface area contributed by atoms with Gasteiger partial charge >= 0.3 is 0 Å². The fourth-order valence-corrected chi connectivity index (χ4v) is 12.2. The number of aliphatic hydroxyl groups is 20. The van der Waals surface area contributed by atoms with E-state index in [-0.39, 0.29) is 6.54 Å². The highest BCUT2D eigenvalue weighted by Crippen LogP contribution is 2.39.